The molecule has 10 N–H and O–H groups in total. The summed E-state index contributed by atoms with van der Waals surface area (Å²) in [6.45, 7) is 0. The zero-order valence-corrected chi connectivity index (χ0v) is 10.3. The summed E-state index contributed by atoms with van der Waals surface area (Å²) in [5, 5.41) is 0. The third-order valence-electron chi connectivity index (χ3n) is 0.900. The van der Waals surface area contributed by atoms with Gasteiger partial charge in [-0.15, -0.1) is 0 Å². The number of nitrogens with zero attached hydrogens (tertiary/aromatic N) is 3. The number of anilines is 3. The summed E-state index contributed by atoms with van der Waals surface area (Å²) in [5.74, 6) is 0.125. The first-order valence-corrected chi connectivity index (χ1v) is 6.80. The maximum Gasteiger partial charge on any atom is 0.478 e. The fourth-order valence-electron chi connectivity index (χ4n) is 0.566. The van der Waals surface area contributed by atoms with E-state index < -0.39 is 15.6 Å². The standard InChI is InChI=1S/C3H6N6.Mg.H4O7P2.2H/c4-1-7-2(5)9-3(6)8-1;;1-8(2,3)7-9(4,5)6;;/h(H6,4,5,6,7,8,9);;(H2,1,2,3)(H2,4,5,6);;. The SMILES string of the molecule is Nc1nc(N)nc(N)n1.O=P(O)(O)OP(=O)(O)O.[MgH2]. The highest BCUT2D eigenvalue weighted by Gasteiger charge is 2.27. The van der Waals surface area contributed by atoms with Gasteiger partial charge in [0.1, 0.15) is 0 Å². The average Bonchev–Trinajstić information content (AvgIpc) is 1.92. The van der Waals surface area contributed by atoms with Crippen LogP contribution >= 0.6 is 15.6 Å². The molecular weight excluding hydrogens is 318 g/mol. The number of aromatic nitrogens is 3. The number of nitrogens with two attached hydrogens (primary N) is 3. The summed E-state index contributed by atoms with van der Waals surface area (Å²) in [6.07, 6.45) is 0. The van der Waals surface area contributed by atoms with E-state index in [1.54, 1.807) is 0 Å². The Labute approximate surface area is 122 Å². The van der Waals surface area contributed by atoms with E-state index in [1.165, 1.54) is 0 Å². The maximum atomic E-state index is 9.63. The molecule has 0 fully saturated rings. The highest BCUT2D eigenvalue weighted by Crippen LogP contribution is 2.53. The molecular formula is C3H12MgN6O7P2. The van der Waals surface area contributed by atoms with Crippen LogP contribution in [0.2, 0.25) is 0 Å². The largest absolute Gasteiger partial charge is 0.478 e. The Morgan fingerprint density at radius 3 is 1.11 bits per heavy atom. The Morgan fingerprint density at radius 1 is 0.789 bits per heavy atom. The van der Waals surface area contributed by atoms with Crippen molar-refractivity contribution >= 4 is 56.5 Å². The smallest absolute Gasteiger partial charge is 0.368 e. The first kappa shape index (κ1) is 20.7. The molecule has 108 valence electrons. The number of hydrogen-bond acceptors (Lipinski definition) is 9. The van der Waals surface area contributed by atoms with E-state index in [0.29, 0.717) is 0 Å². The topological polar surface area (TPSA) is 241 Å². The van der Waals surface area contributed by atoms with Gasteiger partial charge in [0.2, 0.25) is 17.8 Å². The lowest BCUT2D eigenvalue weighted by Crippen LogP contribution is -2.05. The molecule has 0 aromatic carbocycles. The van der Waals surface area contributed by atoms with Crippen molar-refractivity contribution in [2.24, 2.45) is 0 Å². The summed E-state index contributed by atoms with van der Waals surface area (Å²) < 4.78 is 22.2. The van der Waals surface area contributed by atoms with Gasteiger partial charge in [-0.3, -0.25) is 0 Å². The van der Waals surface area contributed by atoms with Gasteiger partial charge in [-0.1, -0.05) is 0 Å². The zero-order valence-electron chi connectivity index (χ0n) is 8.48. The van der Waals surface area contributed by atoms with Crippen LogP contribution in [0.25, 0.3) is 0 Å². The van der Waals surface area contributed by atoms with Crippen LogP contribution in [0.15, 0.2) is 0 Å². The molecule has 0 bridgehead atoms. The van der Waals surface area contributed by atoms with Crippen molar-refractivity contribution < 1.29 is 33.0 Å². The summed E-state index contributed by atoms with van der Waals surface area (Å²) in [4.78, 5) is 41.5. The van der Waals surface area contributed by atoms with Crippen LogP contribution in [-0.4, -0.2) is 57.6 Å². The van der Waals surface area contributed by atoms with Gasteiger partial charge >= 0.3 is 38.7 Å². The lowest BCUT2D eigenvalue weighted by atomic mass is 10.9. The van der Waals surface area contributed by atoms with Crippen molar-refractivity contribution in [2.45, 2.75) is 0 Å². The minimum absolute atomic E-state index is 0. The molecule has 1 rings (SSSR count). The predicted molar refractivity (Wildman–Crippen MR) is 66.8 cm³/mol. The molecule has 0 aliphatic carbocycles. The maximum absolute atomic E-state index is 9.63. The molecule has 0 aliphatic heterocycles. The lowest BCUT2D eigenvalue weighted by Gasteiger charge is -2.03. The number of phosphoric acid groups is 2. The Kier molecular flexibility index (Phi) is 8.61. The third kappa shape index (κ3) is 13.7. The molecule has 0 atom stereocenters. The second-order valence-corrected chi connectivity index (χ2v) is 5.09. The van der Waals surface area contributed by atoms with Gasteiger partial charge < -0.3 is 36.8 Å². The molecule has 0 amide bonds. The van der Waals surface area contributed by atoms with Gasteiger partial charge in [-0.05, 0) is 0 Å². The normalized spacial score (nSPS) is 10.9. The van der Waals surface area contributed by atoms with Gasteiger partial charge in [0.15, 0.2) is 0 Å². The average molecular weight is 330 g/mol. The molecule has 0 spiro atoms. The molecule has 1 aromatic heterocycles. The van der Waals surface area contributed by atoms with Crippen LogP contribution < -0.4 is 17.2 Å². The lowest BCUT2D eigenvalue weighted by molar-refractivity contribution is 0.225. The minimum Gasteiger partial charge on any atom is -0.368 e. The van der Waals surface area contributed by atoms with Crippen molar-refractivity contribution in [3.8, 4) is 0 Å². The summed E-state index contributed by atoms with van der Waals surface area (Å²) >= 11 is 0. The molecule has 0 aliphatic rings. The monoisotopic (exact) mass is 330 g/mol. The fourth-order valence-corrected chi connectivity index (χ4v) is 1.67. The molecule has 1 aromatic rings. The van der Waals surface area contributed by atoms with E-state index in [4.69, 9.17) is 36.8 Å². The first-order valence-electron chi connectivity index (χ1n) is 3.74. The summed E-state index contributed by atoms with van der Waals surface area (Å²) in [5.41, 5.74) is 15.4. The van der Waals surface area contributed by atoms with Crippen LogP contribution in [0.1, 0.15) is 0 Å². The van der Waals surface area contributed by atoms with Crippen LogP contribution in [0.4, 0.5) is 17.8 Å². The number of hydrogen-bond donors (Lipinski definition) is 7. The fraction of sp³-hybridized carbons (Fsp3) is 0. The summed E-state index contributed by atoms with van der Waals surface area (Å²) in [6, 6.07) is 0. The predicted octanol–water partition coefficient (Wildman–Crippen LogP) is -3.11. The van der Waals surface area contributed by atoms with Gasteiger partial charge in [-0.2, -0.15) is 19.3 Å². The van der Waals surface area contributed by atoms with Crippen LogP contribution in [0.3, 0.4) is 0 Å². The van der Waals surface area contributed by atoms with Gasteiger partial charge in [0.05, 0.1) is 0 Å². The van der Waals surface area contributed by atoms with E-state index in [0.717, 1.165) is 0 Å². The van der Waals surface area contributed by atoms with Crippen LogP contribution in [0, 0.1) is 0 Å². The molecule has 0 saturated carbocycles. The Bertz CT molecular complexity index is 431. The molecule has 19 heavy (non-hydrogen) atoms. The number of rotatable bonds is 2. The van der Waals surface area contributed by atoms with Gasteiger partial charge in [0.25, 0.3) is 0 Å². The molecule has 16 heteroatoms. The van der Waals surface area contributed by atoms with Crippen molar-refractivity contribution in [3.05, 3.63) is 0 Å². The Balaban J connectivity index is 0. The molecule has 0 saturated heterocycles. The highest BCUT2D eigenvalue weighted by molar-refractivity contribution is 7.60. The van der Waals surface area contributed by atoms with E-state index in [-0.39, 0.29) is 40.9 Å². The Hall–Kier alpha value is -0.564. The van der Waals surface area contributed by atoms with E-state index in [2.05, 4.69) is 19.3 Å². The zero-order chi connectivity index (χ0) is 14.6. The van der Waals surface area contributed by atoms with E-state index in [9.17, 15) is 9.13 Å². The summed E-state index contributed by atoms with van der Waals surface area (Å²) in [7, 11) is -10.1. The quantitative estimate of drug-likeness (QED) is 0.210. The van der Waals surface area contributed by atoms with Crippen molar-refractivity contribution in [3.63, 3.8) is 0 Å². The van der Waals surface area contributed by atoms with E-state index >= 15 is 0 Å². The van der Waals surface area contributed by atoms with Crippen molar-refractivity contribution in [2.75, 3.05) is 17.2 Å². The van der Waals surface area contributed by atoms with Gasteiger partial charge in [-0.25, -0.2) is 9.13 Å². The van der Waals surface area contributed by atoms with Crippen LogP contribution in [0.5, 0.6) is 0 Å². The first-order chi connectivity index (χ1) is 7.89. The minimum atomic E-state index is -5.05. The third-order valence-corrected chi connectivity index (χ3v) is 2.60. The second kappa shape index (κ2) is 7.89. The molecule has 0 radical (unpaired) electrons. The number of nitrogen functional groups attached to an aromatic ring is 3. The van der Waals surface area contributed by atoms with Crippen molar-refractivity contribution in [1.29, 1.82) is 0 Å². The molecule has 1 heterocycles. The van der Waals surface area contributed by atoms with Crippen LogP contribution in [-0.2, 0) is 13.4 Å². The van der Waals surface area contributed by atoms with Gasteiger partial charge in [0, 0.05) is 0 Å². The molecule has 13 nitrogen and oxygen atoms in total. The van der Waals surface area contributed by atoms with E-state index in [1.807, 2.05) is 0 Å². The second-order valence-electron chi connectivity index (χ2n) is 2.47. The van der Waals surface area contributed by atoms with Crippen molar-refractivity contribution in [1.82, 2.24) is 15.0 Å². The Morgan fingerprint density at radius 2 is 1.00 bits per heavy atom. The molecule has 0 unspecified atom stereocenters. The highest BCUT2D eigenvalue weighted by atomic mass is 31.3.